The summed E-state index contributed by atoms with van der Waals surface area (Å²) in [5, 5.41) is 12.5. The van der Waals surface area contributed by atoms with Gasteiger partial charge in [0.2, 0.25) is 0 Å². The van der Waals surface area contributed by atoms with Crippen LogP contribution >= 0.6 is 0 Å². The monoisotopic (exact) mass is 291 g/mol. The molecule has 0 bridgehead atoms. The molecule has 2 rings (SSSR count). The van der Waals surface area contributed by atoms with Gasteiger partial charge in [-0.3, -0.25) is 0 Å². The van der Waals surface area contributed by atoms with E-state index in [2.05, 4.69) is 19.0 Å². The van der Waals surface area contributed by atoms with Crippen molar-refractivity contribution < 1.29 is 14.7 Å². The Kier molecular flexibility index (Phi) is 6.05. The summed E-state index contributed by atoms with van der Waals surface area (Å²) < 4.78 is 11.4. The third-order valence-corrected chi connectivity index (χ3v) is 3.73. The molecule has 0 saturated carbocycles. The lowest BCUT2D eigenvalue weighted by molar-refractivity contribution is 0.0922. The van der Waals surface area contributed by atoms with Crippen molar-refractivity contribution >= 4 is 5.71 Å². The van der Waals surface area contributed by atoms with Crippen molar-refractivity contribution in [3.63, 3.8) is 0 Å². The van der Waals surface area contributed by atoms with Gasteiger partial charge >= 0.3 is 0 Å². The fraction of sp³-hybridized carbons (Fsp3) is 0.588. The molecule has 0 fully saturated rings. The first kappa shape index (κ1) is 15.8. The lowest BCUT2D eigenvalue weighted by atomic mass is 9.89. The van der Waals surface area contributed by atoms with Gasteiger partial charge in [0, 0.05) is 17.7 Å². The predicted molar refractivity (Wildman–Crippen MR) is 83.5 cm³/mol. The van der Waals surface area contributed by atoms with Crippen LogP contribution in [0.25, 0.3) is 0 Å². The molecule has 4 heteroatoms. The number of oxime groups is 1. The summed E-state index contributed by atoms with van der Waals surface area (Å²) in [5.74, 6) is 1.56. The van der Waals surface area contributed by atoms with E-state index in [1.54, 1.807) is 0 Å². The van der Waals surface area contributed by atoms with E-state index in [1.807, 2.05) is 18.2 Å². The summed E-state index contributed by atoms with van der Waals surface area (Å²) >= 11 is 0. The van der Waals surface area contributed by atoms with Gasteiger partial charge in [-0.05, 0) is 37.7 Å². The summed E-state index contributed by atoms with van der Waals surface area (Å²) in [6.07, 6.45) is 3.87. The molecule has 4 nitrogen and oxygen atoms in total. The van der Waals surface area contributed by atoms with Crippen LogP contribution in [0.1, 0.15) is 44.2 Å². The van der Waals surface area contributed by atoms with Gasteiger partial charge in [-0.15, -0.1) is 0 Å². The number of benzene rings is 1. The third kappa shape index (κ3) is 4.46. The molecule has 0 spiro atoms. The third-order valence-electron chi connectivity index (χ3n) is 3.73. The Balaban J connectivity index is 1.87. The summed E-state index contributed by atoms with van der Waals surface area (Å²) in [7, 11) is 0. The second-order valence-electron chi connectivity index (χ2n) is 5.83. The Hall–Kier alpha value is -1.55. The molecule has 1 aliphatic rings. The highest BCUT2D eigenvalue weighted by atomic mass is 16.5. The average Bonchev–Trinajstić information content (AvgIpc) is 2.50. The molecular formula is C17H25NO3. The Bertz CT molecular complexity index is 483. The van der Waals surface area contributed by atoms with E-state index in [1.165, 1.54) is 0 Å². The van der Waals surface area contributed by atoms with Crippen molar-refractivity contribution in [3.8, 4) is 5.75 Å². The Morgan fingerprint density at radius 1 is 1.19 bits per heavy atom. The fourth-order valence-electron chi connectivity index (χ4n) is 2.53. The molecule has 0 atom stereocenters. The van der Waals surface area contributed by atoms with Crippen LogP contribution < -0.4 is 4.74 Å². The van der Waals surface area contributed by atoms with Crippen molar-refractivity contribution in [2.75, 3.05) is 19.8 Å². The topological polar surface area (TPSA) is 51.0 Å². The molecule has 0 amide bonds. The molecule has 1 aromatic carbocycles. The van der Waals surface area contributed by atoms with Gasteiger partial charge in [0.05, 0.1) is 12.3 Å². The van der Waals surface area contributed by atoms with Crippen LogP contribution in [0.4, 0.5) is 0 Å². The molecular weight excluding hydrogens is 266 g/mol. The summed E-state index contributed by atoms with van der Waals surface area (Å²) in [6, 6.07) is 5.92. The van der Waals surface area contributed by atoms with E-state index < -0.39 is 0 Å². The van der Waals surface area contributed by atoms with Gasteiger partial charge in [-0.1, -0.05) is 31.1 Å². The smallest absolute Gasteiger partial charge is 0.123 e. The van der Waals surface area contributed by atoms with Crippen molar-refractivity contribution in [1.29, 1.82) is 0 Å². The van der Waals surface area contributed by atoms with E-state index in [0.717, 1.165) is 54.9 Å². The maximum atomic E-state index is 9.07. The molecule has 1 aromatic rings. The lowest BCUT2D eigenvalue weighted by Crippen LogP contribution is -2.15. The van der Waals surface area contributed by atoms with Gasteiger partial charge in [0.25, 0.3) is 0 Å². The first-order valence-corrected chi connectivity index (χ1v) is 7.76. The molecule has 1 aliphatic carbocycles. The lowest BCUT2D eigenvalue weighted by Gasteiger charge is -2.20. The quantitative estimate of drug-likeness (QED) is 0.474. The maximum Gasteiger partial charge on any atom is 0.123 e. The van der Waals surface area contributed by atoms with Crippen LogP contribution in [0.2, 0.25) is 0 Å². The molecule has 0 aromatic heterocycles. The standard InChI is InChI=1S/C17H25NO3/c1-13(2)9-10-20-11-12-21-17-8-4-5-14-15(17)6-3-7-16(14)18-19/h4-5,8,13,19H,3,6-7,9-12H2,1-2H3. The molecule has 0 saturated heterocycles. The number of hydrogen-bond acceptors (Lipinski definition) is 4. The minimum absolute atomic E-state index is 0.556. The van der Waals surface area contributed by atoms with Gasteiger partial charge in [0.1, 0.15) is 12.4 Å². The van der Waals surface area contributed by atoms with Crippen molar-refractivity contribution in [2.24, 2.45) is 11.1 Å². The second kappa shape index (κ2) is 8.03. The van der Waals surface area contributed by atoms with Gasteiger partial charge < -0.3 is 14.7 Å². The first-order valence-electron chi connectivity index (χ1n) is 7.76. The van der Waals surface area contributed by atoms with E-state index >= 15 is 0 Å². The van der Waals surface area contributed by atoms with Gasteiger partial charge in [-0.2, -0.15) is 0 Å². The normalized spacial score (nSPS) is 16.2. The number of fused-ring (bicyclic) bond motifs is 1. The zero-order valence-electron chi connectivity index (χ0n) is 13.0. The molecule has 116 valence electrons. The first-order chi connectivity index (χ1) is 10.2. The Morgan fingerprint density at radius 3 is 2.81 bits per heavy atom. The van der Waals surface area contributed by atoms with E-state index in [0.29, 0.717) is 19.1 Å². The zero-order chi connectivity index (χ0) is 15.1. The van der Waals surface area contributed by atoms with Crippen LogP contribution in [0.3, 0.4) is 0 Å². The van der Waals surface area contributed by atoms with E-state index in [9.17, 15) is 0 Å². The van der Waals surface area contributed by atoms with Gasteiger partial charge in [0.15, 0.2) is 0 Å². The Morgan fingerprint density at radius 2 is 2.05 bits per heavy atom. The number of ether oxygens (including phenoxy) is 2. The predicted octanol–water partition coefficient (Wildman–Crippen LogP) is 3.64. The number of nitrogens with zero attached hydrogens (tertiary/aromatic N) is 1. The van der Waals surface area contributed by atoms with Crippen molar-refractivity contribution in [3.05, 3.63) is 29.3 Å². The van der Waals surface area contributed by atoms with Crippen LogP contribution in [0.5, 0.6) is 5.75 Å². The maximum absolute atomic E-state index is 9.07. The molecule has 0 heterocycles. The highest BCUT2D eigenvalue weighted by Gasteiger charge is 2.19. The minimum Gasteiger partial charge on any atom is -0.491 e. The van der Waals surface area contributed by atoms with Crippen LogP contribution in [0, 0.1) is 5.92 Å². The fourth-order valence-corrected chi connectivity index (χ4v) is 2.53. The summed E-state index contributed by atoms with van der Waals surface area (Å²) in [4.78, 5) is 0. The van der Waals surface area contributed by atoms with Crippen LogP contribution in [0.15, 0.2) is 23.4 Å². The SMILES string of the molecule is CC(C)CCOCCOc1cccc2c1CCCC2=NO. The molecule has 0 radical (unpaired) electrons. The highest BCUT2D eigenvalue weighted by molar-refractivity contribution is 6.02. The van der Waals surface area contributed by atoms with Crippen LogP contribution in [-0.2, 0) is 11.2 Å². The second-order valence-corrected chi connectivity index (χ2v) is 5.83. The van der Waals surface area contributed by atoms with Crippen molar-refractivity contribution in [2.45, 2.75) is 39.5 Å². The molecule has 1 N–H and O–H groups in total. The van der Waals surface area contributed by atoms with Crippen molar-refractivity contribution in [1.82, 2.24) is 0 Å². The van der Waals surface area contributed by atoms with Crippen LogP contribution in [-0.4, -0.2) is 30.7 Å². The minimum atomic E-state index is 0.556. The van der Waals surface area contributed by atoms with E-state index in [-0.39, 0.29) is 0 Å². The average molecular weight is 291 g/mol. The van der Waals surface area contributed by atoms with Gasteiger partial charge in [-0.25, -0.2) is 0 Å². The Labute approximate surface area is 126 Å². The number of rotatable bonds is 7. The summed E-state index contributed by atoms with van der Waals surface area (Å²) in [6.45, 7) is 6.33. The number of hydrogen-bond donors (Lipinski definition) is 1. The summed E-state index contributed by atoms with van der Waals surface area (Å²) in [5.41, 5.74) is 2.93. The molecule has 21 heavy (non-hydrogen) atoms. The highest BCUT2D eigenvalue weighted by Crippen LogP contribution is 2.29. The molecule has 0 aliphatic heterocycles. The zero-order valence-corrected chi connectivity index (χ0v) is 13.0. The molecule has 0 unspecified atom stereocenters. The largest absolute Gasteiger partial charge is 0.491 e. The van der Waals surface area contributed by atoms with E-state index in [4.69, 9.17) is 14.7 Å².